The Labute approximate surface area is 164 Å². The second kappa shape index (κ2) is 8.06. The van der Waals surface area contributed by atoms with Gasteiger partial charge < -0.3 is 9.84 Å². The molecule has 1 N–H and O–H groups in total. The van der Waals surface area contributed by atoms with E-state index in [9.17, 15) is 13.2 Å². The van der Waals surface area contributed by atoms with Crippen molar-refractivity contribution in [3.8, 4) is 5.75 Å². The zero-order valence-corrected chi connectivity index (χ0v) is 16.7. The van der Waals surface area contributed by atoms with Crippen molar-refractivity contribution in [2.45, 2.75) is 38.0 Å². The lowest BCUT2D eigenvalue weighted by Gasteiger charge is -2.09. The third-order valence-electron chi connectivity index (χ3n) is 4.63. The maximum absolute atomic E-state index is 13.2. The summed E-state index contributed by atoms with van der Waals surface area (Å²) in [6, 6.07) is 12.0. The number of ether oxygens (including phenoxy) is 1. The van der Waals surface area contributed by atoms with Crippen LogP contribution in [0.5, 0.6) is 5.75 Å². The molecule has 6 nitrogen and oxygen atoms in total. The van der Waals surface area contributed by atoms with Crippen LogP contribution in [0.3, 0.4) is 0 Å². The third-order valence-corrected chi connectivity index (χ3v) is 6.32. The smallest absolute Gasteiger partial charge is 0.303 e. The standard InChI is InChI=1S/C21H23NO5S/c1-3-15-5-9-18(10-6-15)28(25,26)22-14-16(7-12-21(23)24)19-13-17(27-4-2)8-11-20(19)22/h5-6,8-11,13-14H,3-4,7,12H2,1-2H3,(H,23,24). The number of carboxylic acids is 1. The average molecular weight is 401 g/mol. The highest BCUT2D eigenvalue weighted by Gasteiger charge is 2.22. The van der Waals surface area contributed by atoms with Crippen molar-refractivity contribution in [3.63, 3.8) is 0 Å². The Morgan fingerprint density at radius 1 is 1.11 bits per heavy atom. The molecule has 0 saturated heterocycles. The number of carboxylic acid groups (broad SMARTS) is 1. The minimum Gasteiger partial charge on any atom is -0.494 e. The minimum absolute atomic E-state index is 0.0801. The van der Waals surface area contributed by atoms with Gasteiger partial charge in [0.2, 0.25) is 0 Å². The van der Waals surface area contributed by atoms with E-state index in [-0.39, 0.29) is 17.7 Å². The fraction of sp³-hybridized carbons (Fsp3) is 0.286. The van der Waals surface area contributed by atoms with Crippen LogP contribution in [0.4, 0.5) is 0 Å². The summed E-state index contributed by atoms with van der Waals surface area (Å²) in [4.78, 5) is 11.2. The van der Waals surface area contributed by atoms with Gasteiger partial charge in [0.05, 0.1) is 17.0 Å². The molecule has 148 valence electrons. The first-order chi connectivity index (χ1) is 13.4. The van der Waals surface area contributed by atoms with E-state index in [4.69, 9.17) is 9.84 Å². The normalized spacial score (nSPS) is 11.6. The number of hydrogen-bond donors (Lipinski definition) is 1. The Morgan fingerprint density at radius 2 is 1.82 bits per heavy atom. The number of aryl methyl sites for hydroxylation is 2. The molecule has 1 aromatic heterocycles. The molecule has 0 fully saturated rings. The maximum Gasteiger partial charge on any atom is 0.303 e. The maximum atomic E-state index is 13.2. The third kappa shape index (κ3) is 3.89. The summed E-state index contributed by atoms with van der Waals surface area (Å²) in [7, 11) is -3.80. The monoisotopic (exact) mass is 401 g/mol. The topological polar surface area (TPSA) is 85.6 Å². The largest absolute Gasteiger partial charge is 0.494 e. The molecule has 7 heteroatoms. The van der Waals surface area contributed by atoms with Crippen LogP contribution in [0.1, 0.15) is 31.4 Å². The Balaban J connectivity index is 2.14. The van der Waals surface area contributed by atoms with Crippen LogP contribution in [0.2, 0.25) is 0 Å². The Hall–Kier alpha value is -2.80. The number of aliphatic carboxylic acids is 1. The fourth-order valence-electron chi connectivity index (χ4n) is 3.15. The lowest BCUT2D eigenvalue weighted by molar-refractivity contribution is -0.136. The molecule has 2 aromatic carbocycles. The van der Waals surface area contributed by atoms with Crippen LogP contribution in [0, 0.1) is 0 Å². The van der Waals surface area contributed by atoms with E-state index >= 15 is 0 Å². The second-order valence-electron chi connectivity index (χ2n) is 6.46. The van der Waals surface area contributed by atoms with Crippen molar-refractivity contribution in [1.82, 2.24) is 3.97 Å². The quantitative estimate of drug-likeness (QED) is 0.619. The highest BCUT2D eigenvalue weighted by Crippen LogP contribution is 2.30. The SMILES string of the molecule is CCOc1ccc2c(c1)c(CCC(=O)O)cn2S(=O)(=O)c1ccc(CC)cc1. The lowest BCUT2D eigenvalue weighted by Crippen LogP contribution is -2.12. The fourth-order valence-corrected chi connectivity index (χ4v) is 4.54. The lowest BCUT2D eigenvalue weighted by atomic mass is 10.1. The molecular formula is C21H23NO5S. The first-order valence-electron chi connectivity index (χ1n) is 9.20. The molecule has 3 rings (SSSR count). The predicted octanol–water partition coefficient (Wildman–Crippen LogP) is 3.86. The summed E-state index contributed by atoms with van der Waals surface area (Å²) in [6.07, 6.45) is 2.50. The van der Waals surface area contributed by atoms with Gasteiger partial charge in [0.1, 0.15) is 5.75 Å². The van der Waals surface area contributed by atoms with Crippen LogP contribution >= 0.6 is 0 Å². The van der Waals surface area contributed by atoms with E-state index in [1.165, 1.54) is 10.2 Å². The molecule has 0 aliphatic heterocycles. The van der Waals surface area contributed by atoms with Gasteiger partial charge in [-0.2, -0.15) is 0 Å². The molecular weight excluding hydrogens is 378 g/mol. The number of aromatic nitrogens is 1. The molecule has 0 bridgehead atoms. The molecule has 0 amide bonds. The number of carbonyl (C=O) groups is 1. The van der Waals surface area contributed by atoms with Crippen LogP contribution in [-0.4, -0.2) is 30.1 Å². The van der Waals surface area contributed by atoms with Gasteiger partial charge in [-0.3, -0.25) is 4.79 Å². The van der Waals surface area contributed by atoms with Crippen molar-refractivity contribution >= 4 is 26.9 Å². The highest BCUT2D eigenvalue weighted by atomic mass is 32.2. The molecule has 28 heavy (non-hydrogen) atoms. The number of benzene rings is 2. The summed E-state index contributed by atoms with van der Waals surface area (Å²) in [5.74, 6) is -0.311. The average Bonchev–Trinajstić information content (AvgIpc) is 3.05. The van der Waals surface area contributed by atoms with E-state index in [0.717, 1.165) is 12.0 Å². The number of rotatable bonds is 8. The first kappa shape index (κ1) is 19.9. The number of hydrogen-bond acceptors (Lipinski definition) is 4. The summed E-state index contributed by atoms with van der Waals surface area (Å²) in [5.41, 5.74) is 2.22. The Kier molecular flexibility index (Phi) is 5.74. The molecule has 0 aliphatic carbocycles. The van der Waals surface area contributed by atoms with Gasteiger partial charge >= 0.3 is 5.97 Å². The van der Waals surface area contributed by atoms with Gasteiger partial charge in [0.25, 0.3) is 10.0 Å². The summed E-state index contributed by atoms with van der Waals surface area (Å²) in [5, 5.41) is 9.71. The molecule has 0 atom stereocenters. The number of nitrogens with zero attached hydrogens (tertiary/aromatic N) is 1. The second-order valence-corrected chi connectivity index (χ2v) is 8.27. The highest BCUT2D eigenvalue weighted by molar-refractivity contribution is 7.90. The Bertz CT molecular complexity index is 1100. The molecule has 0 unspecified atom stereocenters. The van der Waals surface area contributed by atoms with Gasteiger partial charge in [0.15, 0.2) is 0 Å². The van der Waals surface area contributed by atoms with Crippen LogP contribution < -0.4 is 4.74 Å². The zero-order chi connectivity index (χ0) is 20.3. The minimum atomic E-state index is -3.80. The van der Waals surface area contributed by atoms with Crippen LogP contribution in [-0.2, 0) is 27.7 Å². The van der Waals surface area contributed by atoms with Crippen LogP contribution in [0.15, 0.2) is 53.6 Å². The van der Waals surface area contributed by atoms with E-state index in [0.29, 0.717) is 28.8 Å². The summed E-state index contributed by atoms with van der Waals surface area (Å²) < 4.78 is 33.2. The van der Waals surface area contributed by atoms with Gasteiger partial charge in [-0.1, -0.05) is 19.1 Å². The number of fused-ring (bicyclic) bond motifs is 1. The van der Waals surface area contributed by atoms with Crippen molar-refractivity contribution in [2.24, 2.45) is 0 Å². The Morgan fingerprint density at radius 3 is 2.43 bits per heavy atom. The van der Waals surface area contributed by atoms with E-state index in [1.54, 1.807) is 42.5 Å². The molecule has 1 heterocycles. The van der Waals surface area contributed by atoms with Gasteiger partial charge in [-0.25, -0.2) is 12.4 Å². The molecule has 0 aliphatic rings. The van der Waals surface area contributed by atoms with Crippen LogP contribution in [0.25, 0.3) is 10.9 Å². The van der Waals surface area contributed by atoms with Crippen molar-refractivity contribution in [3.05, 3.63) is 59.8 Å². The van der Waals surface area contributed by atoms with Gasteiger partial charge in [-0.15, -0.1) is 0 Å². The first-order valence-corrected chi connectivity index (χ1v) is 10.6. The van der Waals surface area contributed by atoms with Crippen molar-refractivity contribution in [1.29, 1.82) is 0 Å². The predicted molar refractivity (Wildman–Crippen MR) is 107 cm³/mol. The van der Waals surface area contributed by atoms with E-state index in [1.807, 2.05) is 13.8 Å². The zero-order valence-electron chi connectivity index (χ0n) is 15.9. The van der Waals surface area contributed by atoms with Gasteiger partial charge in [0, 0.05) is 18.0 Å². The van der Waals surface area contributed by atoms with Crippen molar-refractivity contribution < 1.29 is 23.1 Å². The van der Waals surface area contributed by atoms with Gasteiger partial charge in [-0.05, 0) is 61.2 Å². The molecule has 0 saturated carbocycles. The molecule has 0 radical (unpaired) electrons. The van der Waals surface area contributed by atoms with E-state index < -0.39 is 16.0 Å². The molecule has 3 aromatic rings. The summed E-state index contributed by atoms with van der Waals surface area (Å²) in [6.45, 7) is 4.36. The molecule has 0 spiro atoms. The van der Waals surface area contributed by atoms with E-state index in [2.05, 4.69) is 0 Å². The van der Waals surface area contributed by atoms with Crippen molar-refractivity contribution in [2.75, 3.05) is 6.61 Å². The summed E-state index contributed by atoms with van der Waals surface area (Å²) >= 11 is 0.